The van der Waals surface area contributed by atoms with Gasteiger partial charge in [0.25, 0.3) is 5.91 Å². The molecule has 0 N–H and O–H groups in total. The molecular weight excluding hydrogens is 366 g/mol. The highest BCUT2D eigenvalue weighted by Gasteiger charge is 2.39. The molecule has 1 saturated heterocycles. The number of sulfone groups is 1. The zero-order valence-electron chi connectivity index (χ0n) is 14.8. The number of nitrogens with zero attached hydrogens (tertiary/aromatic N) is 1. The van der Waals surface area contributed by atoms with Crippen molar-refractivity contribution >= 4 is 15.7 Å². The normalized spacial score (nSPS) is 23.0. The Kier molecular flexibility index (Phi) is 4.78. The van der Waals surface area contributed by atoms with Crippen LogP contribution in [0.25, 0.3) is 0 Å². The minimum Gasteiger partial charge on any atom is -0.485 e. The Hall–Kier alpha value is -2.54. The molecular formula is C20H21NO5S. The van der Waals surface area contributed by atoms with E-state index in [4.69, 9.17) is 9.47 Å². The Balaban J connectivity index is 1.57. The average molecular weight is 387 g/mol. The van der Waals surface area contributed by atoms with Crippen molar-refractivity contribution in [3.05, 3.63) is 60.2 Å². The minimum atomic E-state index is -3.11. The summed E-state index contributed by atoms with van der Waals surface area (Å²) in [6.45, 7) is 0.460. The third kappa shape index (κ3) is 3.93. The van der Waals surface area contributed by atoms with E-state index in [0.717, 1.165) is 5.56 Å². The number of hydrogen-bond acceptors (Lipinski definition) is 5. The second-order valence-corrected chi connectivity index (χ2v) is 9.10. The number of ether oxygens (including phenoxy) is 2. The molecule has 1 fully saturated rings. The second-order valence-electron chi connectivity index (χ2n) is 6.87. The van der Waals surface area contributed by atoms with Gasteiger partial charge in [-0.3, -0.25) is 4.79 Å². The first-order valence-electron chi connectivity index (χ1n) is 8.95. The van der Waals surface area contributed by atoms with Gasteiger partial charge in [-0.2, -0.15) is 0 Å². The van der Waals surface area contributed by atoms with E-state index in [-0.39, 0.29) is 30.1 Å². The fourth-order valence-corrected chi connectivity index (χ4v) is 5.25. The van der Waals surface area contributed by atoms with Gasteiger partial charge in [0.2, 0.25) is 6.10 Å². The molecule has 1 amide bonds. The van der Waals surface area contributed by atoms with E-state index in [2.05, 4.69) is 0 Å². The lowest BCUT2D eigenvalue weighted by molar-refractivity contribution is -0.143. The van der Waals surface area contributed by atoms with Gasteiger partial charge in [-0.25, -0.2) is 8.42 Å². The van der Waals surface area contributed by atoms with Crippen LogP contribution < -0.4 is 9.47 Å². The lowest BCUT2D eigenvalue weighted by Crippen LogP contribution is -2.50. The van der Waals surface area contributed by atoms with Crippen LogP contribution in [0.5, 0.6) is 11.5 Å². The molecule has 0 radical (unpaired) electrons. The number of rotatable bonds is 4. The number of benzene rings is 2. The van der Waals surface area contributed by atoms with Crippen LogP contribution in [0.1, 0.15) is 12.0 Å². The monoisotopic (exact) mass is 387 g/mol. The molecule has 2 aromatic rings. The highest BCUT2D eigenvalue weighted by Crippen LogP contribution is 2.32. The molecule has 2 heterocycles. The molecule has 0 aromatic heterocycles. The van der Waals surface area contributed by atoms with Crippen molar-refractivity contribution in [2.75, 3.05) is 18.1 Å². The van der Waals surface area contributed by atoms with E-state index in [0.29, 0.717) is 24.5 Å². The number of amides is 1. The van der Waals surface area contributed by atoms with Crippen molar-refractivity contribution < 1.29 is 22.7 Å². The first kappa shape index (κ1) is 17.9. The maximum Gasteiger partial charge on any atom is 0.267 e. The van der Waals surface area contributed by atoms with E-state index < -0.39 is 15.9 Å². The zero-order chi connectivity index (χ0) is 18.9. The number of carbonyl (C=O) groups is 1. The summed E-state index contributed by atoms with van der Waals surface area (Å²) in [6.07, 6.45) is -0.336. The molecule has 0 spiro atoms. The summed E-state index contributed by atoms with van der Waals surface area (Å²) in [6, 6.07) is 16.4. The summed E-state index contributed by atoms with van der Waals surface area (Å²) in [4.78, 5) is 14.9. The van der Waals surface area contributed by atoms with Crippen molar-refractivity contribution in [3.8, 4) is 11.5 Å². The maximum atomic E-state index is 13.2. The van der Waals surface area contributed by atoms with Crippen LogP contribution in [-0.4, -0.2) is 49.5 Å². The van der Waals surface area contributed by atoms with Gasteiger partial charge in [-0.15, -0.1) is 0 Å². The average Bonchev–Trinajstić information content (AvgIpc) is 3.05. The van der Waals surface area contributed by atoms with Gasteiger partial charge in [-0.05, 0) is 24.1 Å². The molecule has 7 heteroatoms. The van der Waals surface area contributed by atoms with Gasteiger partial charge in [0.1, 0.15) is 6.61 Å². The third-order valence-corrected chi connectivity index (χ3v) is 6.66. The zero-order valence-corrected chi connectivity index (χ0v) is 15.6. The predicted octanol–water partition coefficient (Wildman–Crippen LogP) is 2.04. The molecule has 6 nitrogen and oxygen atoms in total. The summed E-state index contributed by atoms with van der Waals surface area (Å²) < 4.78 is 35.5. The molecule has 142 valence electrons. The van der Waals surface area contributed by atoms with Crippen molar-refractivity contribution in [2.24, 2.45) is 0 Å². The molecule has 0 bridgehead atoms. The number of para-hydroxylation sites is 2. The minimum absolute atomic E-state index is 0.00423. The Morgan fingerprint density at radius 1 is 1.04 bits per heavy atom. The van der Waals surface area contributed by atoms with Gasteiger partial charge in [-0.1, -0.05) is 42.5 Å². The van der Waals surface area contributed by atoms with Gasteiger partial charge >= 0.3 is 0 Å². The number of hydrogen-bond donors (Lipinski definition) is 0. The Bertz CT molecular complexity index is 928. The van der Waals surface area contributed by atoms with Crippen molar-refractivity contribution in [1.82, 2.24) is 4.90 Å². The first-order valence-corrected chi connectivity index (χ1v) is 10.8. The predicted molar refractivity (Wildman–Crippen MR) is 100 cm³/mol. The Morgan fingerprint density at radius 3 is 2.44 bits per heavy atom. The summed E-state index contributed by atoms with van der Waals surface area (Å²) in [7, 11) is -3.11. The topological polar surface area (TPSA) is 72.9 Å². The van der Waals surface area contributed by atoms with Crippen LogP contribution in [0.15, 0.2) is 54.6 Å². The molecule has 4 rings (SSSR count). The maximum absolute atomic E-state index is 13.2. The molecule has 0 unspecified atom stereocenters. The summed E-state index contributed by atoms with van der Waals surface area (Å²) in [5.41, 5.74) is 0.951. The fraction of sp³-hybridized carbons (Fsp3) is 0.350. The summed E-state index contributed by atoms with van der Waals surface area (Å²) >= 11 is 0. The van der Waals surface area contributed by atoms with Crippen LogP contribution in [0.2, 0.25) is 0 Å². The molecule has 0 saturated carbocycles. The Morgan fingerprint density at radius 2 is 1.74 bits per heavy atom. The van der Waals surface area contributed by atoms with Crippen LogP contribution in [0.3, 0.4) is 0 Å². The Labute approximate surface area is 158 Å². The first-order chi connectivity index (χ1) is 13.0. The smallest absolute Gasteiger partial charge is 0.267 e. The lowest BCUT2D eigenvalue weighted by atomic mass is 10.1. The molecule has 0 aliphatic carbocycles. The SMILES string of the molecule is O=C([C@@H]1COc2ccccc2O1)N(Cc1ccccc1)[C@H]1CCS(=O)(=O)C1. The number of carbonyl (C=O) groups excluding carboxylic acids is 1. The summed E-state index contributed by atoms with van der Waals surface area (Å²) in [5, 5.41) is 0. The molecule has 2 aromatic carbocycles. The van der Waals surface area contributed by atoms with Crippen LogP contribution >= 0.6 is 0 Å². The molecule has 27 heavy (non-hydrogen) atoms. The van der Waals surface area contributed by atoms with Gasteiger partial charge in [0.05, 0.1) is 11.5 Å². The fourth-order valence-electron chi connectivity index (χ4n) is 3.51. The van der Waals surface area contributed by atoms with Crippen LogP contribution in [0.4, 0.5) is 0 Å². The van der Waals surface area contributed by atoms with E-state index in [9.17, 15) is 13.2 Å². The lowest BCUT2D eigenvalue weighted by Gasteiger charge is -2.34. The van der Waals surface area contributed by atoms with E-state index in [1.807, 2.05) is 42.5 Å². The van der Waals surface area contributed by atoms with E-state index in [1.165, 1.54) is 0 Å². The van der Waals surface area contributed by atoms with Gasteiger partial charge < -0.3 is 14.4 Å². The third-order valence-electron chi connectivity index (χ3n) is 4.91. The van der Waals surface area contributed by atoms with E-state index in [1.54, 1.807) is 17.0 Å². The molecule has 2 aliphatic heterocycles. The second kappa shape index (κ2) is 7.23. The largest absolute Gasteiger partial charge is 0.485 e. The van der Waals surface area contributed by atoms with Crippen molar-refractivity contribution in [2.45, 2.75) is 25.1 Å². The van der Waals surface area contributed by atoms with Crippen LogP contribution in [0, 0.1) is 0 Å². The standard InChI is InChI=1S/C20H21NO5S/c22-20(19-13-25-17-8-4-5-9-18(17)26-19)21(12-15-6-2-1-3-7-15)16-10-11-27(23,24)14-16/h1-9,16,19H,10-14H2/t16-,19-/m0/s1. The molecule has 2 atom stereocenters. The highest BCUT2D eigenvalue weighted by molar-refractivity contribution is 7.91. The van der Waals surface area contributed by atoms with E-state index >= 15 is 0 Å². The van der Waals surface area contributed by atoms with Gasteiger partial charge in [0.15, 0.2) is 21.3 Å². The highest BCUT2D eigenvalue weighted by atomic mass is 32.2. The van der Waals surface area contributed by atoms with Crippen molar-refractivity contribution in [1.29, 1.82) is 0 Å². The summed E-state index contributed by atoms with van der Waals surface area (Å²) in [5.74, 6) is 1.01. The van der Waals surface area contributed by atoms with Gasteiger partial charge in [0, 0.05) is 12.6 Å². The quantitative estimate of drug-likeness (QED) is 0.803. The van der Waals surface area contributed by atoms with Crippen molar-refractivity contribution in [3.63, 3.8) is 0 Å². The van der Waals surface area contributed by atoms with Crippen LogP contribution in [-0.2, 0) is 21.2 Å². The molecule has 2 aliphatic rings. The number of fused-ring (bicyclic) bond motifs is 1.